The summed E-state index contributed by atoms with van der Waals surface area (Å²) in [6, 6.07) is -6.04. The van der Waals surface area contributed by atoms with Crippen molar-refractivity contribution < 1.29 is 44.1 Å². The number of nitrogens with two attached hydrogens (primary N) is 2. The zero-order valence-corrected chi connectivity index (χ0v) is 18.4. The van der Waals surface area contributed by atoms with Gasteiger partial charge in [-0.25, -0.2) is 4.79 Å². The third-order valence-corrected chi connectivity index (χ3v) is 5.13. The van der Waals surface area contributed by atoms with Crippen molar-refractivity contribution >= 4 is 47.4 Å². The van der Waals surface area contributed by atoms with Gasteiger partial charge in [0.2, 0.25) is 17.7 Å². The molecule has 32 heavy (non-hydrogen) atoms. The van der Waals surface area contributed by atoms with E-state index in [4.69, 9.17) is 21.7 Å². The van der Waals surface area contributed by atoms with Crippen LogP contribution in [0.15, 0.2) is 0 Å². The van der Waals surface area contributed by atoms with Crippen LogP contribution in [-0.2, 0) is 28.8 Å². The zero-order chi connectivity index (χ0) is 25.0. The van der Waals surface area contributed by atoms with Crippen molar-refractivity contribution in [1.29, 1.82) is 0 Å². The molecule has 0 aromatic carbocycles. The number of thioether (sulfide) groups is 1. The molecule has 0 aromatic rings. The Hall–Kier alpha value is -2.91. The van der Waals surface area contributed by atoms with Crippen LogP contribution in [0.5, 0.6) is 0 Å². The molecule has 10 N–H and O–H groups in total. The fourth-order valence-corrected chi connectivity index (χ4v) is 3.05. The van der Waals surface area contributed by atoms with Crippen LogP contribution in [0, 0.1) is 0 Å². The number of carbonyl (C=O) groups is 6. The lowest BCUT2D eigenvalue weighted by molar-refractivity contribution is -0.142. The van der Waals surface area contributed by atoms with E-state index in [0.717, 1.165) is 11.8 Å². The third-order valence-electron chi connectivity index (χ3n) is 3.97. The molecule has 0 aliphatic heterocycles. The van der Waals surface area contributed by atoms with Gasteiger partial charge in [-0.05, 0) is 20.3 Å². The van der Waals surface area contributed by atoms with Crippen molar-refractivity contribution in [1.82, 2.24) is 16.0 Å². The van der Waals surface area contributed by atoms with Crippen LogP contribution >= 0.6 is 11.8 Å². The fourth-order valence-electron chi connectivity index (χ4n) is 2.05. The number of carbonyl (C=O) groups excluding carboxylic acids is 3. The smallest absolute Gasteiger partial charge is 0.326 e. The molecule has 0 spiro atoms. The van der Waals surface area contributed by atoms with Crippen LogP contribution in [0.1, 0.15) is 26.7 Å². The Morgan fingerprint density at radius 2 is 1.38 bits per heavy atom. The number of amides is 3. The van der Waals surface area contributed by atoms with Crippen LogP contribution in [0.2, 0.25) is 0 Å². The van der Waals surface area contributed by atoms with Gasteiger partial charge in [-0.1, -0.05) is 0 Å². The Labute approximate surface area is 187 Å². The predicted octanol–water partition coefficient (Wildman–Crippen LogP) is -3.10. The number of aliphatic carboxylic acids is 3. The Morgan fingerprint density at radius 1 is 0.781 bits per heavy atom. The molecule has 0 aromatic heterocycles. The van der Waals surface area contributed by atoms with Crippen molar-refractivity contribution in [2.45, 2.75) is 56.9 Å². The Morgan fingerprint density at radius 3 is 1.84 bits per heavy atom. The second-order valence-corrected chi connectivity index (χ2v) is 7.97. The summed E-state index contributed by atoms with van der Waals surface area (Å²) in [6.45, 7) is 2.57. The molecule has 0 saturated heterocycles. The lowest BCUT2D eigenvalue weighted by Gasteiger charge is -2.21. The van der Waals surface area contributed by atoms with Gasteiger partial charge in [0.05, 0.1) is 6.04 Å². The van der Waals surface area contributed by atoms with Crippen molar-refractivity contribution in [3.05, 3.63) is 0 Å². The maximum absolute atomic E-state index is 12.4. The third kappa shape index (κ3) is 11.5. The first-order valence-electron chi connectivity index (χ1n) is 9.43. The Balaban J connectivity index is 5.05. The highest BCUT2D eigenvalue weighted by Gasteiger charge is 2.27. The highest BCUT2D eigenvalue weighted by atomic mass is 32.2. The summed E-state index contributed by atoms with van der Waals surface area (Å²) >= 11 is 0.951. The molecule has 0 aliphatic rings. The second kappa shape index (κ2) is 14.2. The van der Waals surface area contributed by atoms with Crippen molar-refractivity contribution in [3.8, 4) is 0 Å². The summed E-state index contributed by atoms with van der Waals surface area (Å²) < 4.78 is 0. The summed E-state index contributed by atoms with van der Waals surface area (Å²) in [4.78, 5) is 69.2. The van der Waals surface area contributed by atoms with Crippen molar-refractivity contribution in [2.75, 3.05) is 11.5 Å². The monoisotopic (exact) mass is 479 g/mol. The highest BCUT2D eigenvalue weighted by Crippen LogP contribution is 2.07. The van der Waals surface area contributed by atoms with Gasteiger partial charge in [-0.2, -0.15) is 11.8 Å². The molecule has 0 radical (unpaired) electrons. The topological polar surface area (TPSA) is 251 Å². The van der Waals surface area contributed by atoms with Crippen LogP contribution in [0.25, 0.3) is 0 Å². The van der Waals surface area contributed by atoms with Gasteiger partial charge in [0.15, 0.2) is 0 Å². The molecule has 0 saturated carbocycles. The number of carboxylic acids is 3. The molecular weight excluding hydrogens is 450 g/mol. The lowest BCUT2D eigenvalue weighted by atomic mass is 10.1. The maximum Gasteiger partial charge on any atom is 0.326 e. The molecule has 0 rings (SSSR count). The van der Waals surface area contributed by atoms with Gasteiger partial charge < -0.3 is 42.7 Å². The van der Waals surface area contributed by atoms with E-state index in [-0.39, 0.29) is 24.3 Å². The number of hydrogen-bond donors (Lipinski definition) is 8. The summed E-state index contributed by atoms with van der Waals surface area (Å²) in [6.07, 6.45) is -0.676. The fraction of sp³-hybridized carbons (Fsp3) is 0.647. The first-order valence-corrected chi connectivity index (χ1v) is 10.6. The van der Waals surface area contributed by atoms with Gasteiger partial charge in [-0.3, -0.25) is 24.0 Å². The van der Waals surface area contributed by atoms with Gasteiger partial charge in [-0.15, -0.1) is 0 Å². The standard InChI is InChI=1S/C17H29N5O9S/c1-7(18)13(24)22-10(17(30)31)3-4-12(23)21-11(6-32-5-9(19)16(28)29)14(25)20-8(2)15(26)27/h7-11H,3-6,18-19H2,1-2H3,(H,20,25)(H,21,23)(H,22,24)(H,26,27)(H,28,29)(H,30,31)/t7-,8+,9-,10+,11+/m0/s1. The van der Waals surface area contributed by atoms with Crippen LogP contribution in [0.3, 0.4) is 0 Å². The summed E-state index contributed by atoms with van der Waals surface area (Å²) in [5.74, 6) is -6.42. The molecule has 5 atom stereocenters. The first kappa shape index (κ1) is 29.1. The number of rotatable bonds is 15. The zero-order valence-electron chi connectivity index (χ0n) is 17.6. The normalized spacial score (nSPS) is 15.4. The average Bonchev–Trinajstić information content (AvgIpc) is 2.69. The van der Waals surface area contributed by atoms with Crippen LogP contribution in [-0.4, -0.2) is 92.7 Å². The predicted molar refractivity (Wildman–Crippen MR) is 113 cm³/mol. The molecule has 14 nitrogen and oxygen atoms in total. The molecule has 3 amide bonds. The lowest BCUT2D eigenvalue weighted by Crippen LogP contribution is -2.52. The van der Waals surface area contributed by atoms with Crippen LogP contribution in [0.4, 0.5) is 0 Å². The minimum absolute atomic E-state index is 0.0755. The van der Waals surface area contributed by atoms with Gasteiger partial charge >= 0.3 is 17.9 Å². The van der Waals surface area contributed by atoms with E-state index in [0.29, 0.717) is 0 Å². The van der Waals surface area contributed by atoms with E-state index >= 15 is 0 Å². The summed E-state index contributed by atoms with van der Waals surface area (Å²) in [7, 11) is 0. The van der Waals surface area contributed by atoms with E-state index in [2.05, 4.69) is 16.0 Å². The molecule has 0 aliphatic carbocycles. The second-order valence-electron chi connectivity index (χ2n) is 6.90. The molecule has 0 bridgehead atoms. The molecule has 0 unspecified atom stereocenters. The van der Waals surface area contributed by atoms with E-state index in [9.17, 15) is 33.9 Å². The minimum atomic E-state index is -1.39. The number of hydrogen-bond acceptors (Lipinski definition) is 9. The SMILES string of the molecule is C[C@H](N)C(=O)N[C@H](CCC(=O)N[C@H](CSC[C@H](N)C(=O)O)C(=O)N[C@H](C)C(=O)O)C(=O)O. The quantitative estimate of drug-likeness (QED) is 0.116. The highest BCUT2D eigenvalue weighted by molar-refractivity contribution is 7.99. The van der Waals surface area contributed by atoms with Crippen molar-refractivity contribution in [3.63, 3.8) is 0 Å². The summed E-state index contributed by atoms with van der Waals surface area (Å²) in [5.41, 5.74) is 10.8. The van der Waals surface area contributed by atoms with E-state index < -0.39 is 65.8 Å². The molecule has 0 heterocycles. The Bertz CT molecular complexity index is 719. The maximum atomic E-state index is 12.4. The number of nitrogens with one attached hydrogen (secondary N) is 3. The van der Waals surface area contributed by atoms with Gasteiger partial charge in [0.25, 0.3) is 0 Å². The molecule has 15 heteroatoms. The molecular formula is C17H29N5O9S. The first-order chi connectivity index (χ1) is 14.8. The summed E-state index contributed by atoms with van der Waals surface area (Å²) in [5, 5.41) is 33.6. The van der Waals surface area contributed by atoms with E-state index in [1.165, 1.54) is 13.8 Å². The molecule has 182 valence electrons. The van der Waals surface area contributed by atoms with Crippen molar-refractivity contribution in [2.24, 2.45) is 11.5 Å². The average molecular weight is 480 g/mol. The Kier molecular flexibility index (Phi) is 12.9. The molecule has 0 fully saturated rings. The number of carboxylic acid groups (broad SMARTS) is 3. The van der Waals surface area contributed by atoms with Gasteiger partial charge in [0.1, 0.15) is 24.2 Å². The largest absolute Gasteiger partial charge is 0.480 e. The van der Waals surface area contributed by atoms with Gasteiger partial charge in [0, 0.05) is 17.9 Å². The van der Waals surface area contributed by atoms with E-state index in [1.807, 2.05) is 0 Å². The van der Waals surface area contributed by atoms with Crippen LogP contribution < -0.4 is 27.4 Å². The van der Waals surface area contributed by atoms with E-state index in [1.54, 1.807) is 0 Å². The minimum Gasteiger partial charge on any atom is -0.480 e.